The third-order valence-corrected chi connectivity index (χ3v) is 4.07. The molecule has 3 aromatic rings. The molecule has 0 radical (unpaired) electrons. The van der Waals surface area contributed by atoms with Crippen molar-refractivity contribution in [3.63, 3.8) is 0 Å². The number of nitrogen functional groups attached to an aromatic ring is 1. The number of aryl methyl sites for hydroxylation is 1. The highest BCUT2D eigenvalue weighted by Gasteiger charge is 2.32. The van der Waals surface area contributed by atoms with Gasteiger partial charge < -0.3 is 24.5 Å². The van der Waals surface area contributed by atoms with E-state index in [9.17, 15) is 13.2 Å². The first kappa shape index (κ1) is 19.4. The average molecular weight is 393 g/mol. The SMILES string of the molecule is COc1cc(OC)cc(-c2ncn(C)c2-c2ccc(OC(F)(F)F)c(N)c2)c1. The minimum Gasteiger partial charge on any atom is -0.497 e. The number of anilines is 1. The van der Waals surface area contributed by atoms with Crippen molar-refractivity contribution in [1.82, 2.24) is 9.55 Å². The first-order valence-electron chi connectivity index (χ1n) is 8.12. The van der Waals surface area contributed by atoms with Gasteiger partial charge in [-0.2, -0.15) is 0 Å². The Hall–Kier alpha value is -3.36. The Morgan fingerprint density at radius 3 is 2.14 bits per heavy atom. The fraction of sp³-hybridized carbons (Fsp3) is 0.211. The van der Waals surface area contributed by atoms with E-state index in [2.05, 4.69) is 9.72 Å². The molecule has 0 spiro atoms. The van der Waals surface area contributed by atoms with E-state index in [4.69, 9.17) is 15.2 Å². The lowest BCUT2D eigenvalue weighted by Gasteiger charge is -2.13. The standard InChI is InChI=1S/C19H18F3N3O3/c1-25-10-24-17(12-6-13(26-2)9-14(7-12)27-3)18(25)11-4-5-16(15(23)8-11)28-19(20,21)22/h4-10H,23H2,1-3H3. The van der Waals surface area contributed by atoms with Crippen LogP contribution in [0.15, 0.2) is 42.7 Å². The molecular formula is C19H18F3N3O3. The summed E-state index contributed by atoms with van der Waals surface area (Å²) in [5.74, 6) is 0.710. The fourth-order valence-electron chi connectivity index (χ4n) is 2.84. The Morgan fingerprint density at radius 2 is 1.61 bits per heavy atom. The largest absolute Gasteiger partial charge is 0.573 e. The van der Waals surface area contributed by atoms with E-state index < -0.39 is 12.1 Å². The molecule has 3 rings (SSSR count). The number of aromatic nitrogens is 2. The summed E-state index contributed by atoms with van der Waals surface area (Å²) < 4.78 is 53.7. The van der Waals surface area contributed by atoms with Crippen molar-refractivity contribution < 1.29 is 27.4 Å². The van der Waals surface area contributed by atoms with Gasteiger partial charge in [0.25, 0.3) is 0 Å². The lowest BCUT2D eigenvalue weighted by molar-refractivity contribution is -0.274. The zero-order valence-electron chi connectivity index (χ0n) is 15.4. The molecule has 0 aliphatic rings. The van der Waals surface area contributed by atoms with Crippen LogP contribution in [0.1, 0.15) is 0 Å². The van der Waals surface area contributed by atoms with E-state index in [1.54, 1.807) is 36.1 Å². The molecule has 0 aliphatic heterocycles. The summed E-state index contributed by atoms with van der Waals surface area (Å²) in [5, 5.41) is 0. The van der Waals surface area contributed by atoms with Gasteiger partial charge in [0.05, 0.1) is 37.6 Å². The number of ether oxygens (including phenoxy) is 3. The molecule has 1 heterocycles. The summed E-state index contributed by atoms with van der Waals surface area (Å²) in [7, 11) is 4.86. The molecule has 0 aliphatic carbocycles. The fourth-order valence-corrected chi connectivity index (χ4v) is 2.84. The van der Waals surface area contributed by atoms with Gasteiger partial charge in [-0.3, -0.25) is 0 Å². The third-order valence-electron chi connectivity index (χ3n) is 4.07. The maximum absolute atomic E-state index is 12.5. The van der Waals surface area contributed by atoms with E-state index in [-0.39, 0.29) is 5.69 Å². The average Bonchev–Trinajstić information content (AvgIpc) is 3.03. The van der Waals surface area contributed by atoms with E-state index in [1.807, 2.05) is 0 Å². The monoisotopic (exact) mass is 393 g/mol. The Kier molecular flexibility index (Phi) is 5.08. The van der Waals surface area contributed by atoms with Gasteiger partial charge in [0.2, 0.25) is 0 Å². The Balaban J connectivity index is 2.09. The summed E-state index contributed by atoms with van der Waals surface area (Å²) >= 11 is 0. The van der Waals surface area contributed by atoms with Crippen LogP contribution in [-0.4, -0.2) is 30.1 Å². The molecule has 148 valence electrons. The third kappa shape index (κ3) is 3.98. The predicted molar refractivity (Wildman–Crippen MR) is 98.3 cm³/mol. The molecule has 28 heavy (non-hydrogen) atoms. The maximum atomic E-state index is 12.5. The second kappa shape index (κ2) is 7.34. The minimum atomic E-state index is -4.82. The van der Waals surface area contributed by atoms with Gasteiger partial charge in [0.1, 0.15) is 11.5 Å². The van der Waals surface area contributed by atoms with Gasteiger partial charge in [0.15, 0.2) is 5.75 Å². The molecule has 0 unspecified atom stereocenters. The van der Waals surface area contributed by atoms with Crippen molar-refractivity contribution >= 4 is 5.69 Å². The zero-order chi connectivity index (χ0) is 20.5. The van der Waals surface area contributed by atoms with Gasteiger partial charge in [-0.05, 0) is 30.3 Å². The predicted octanol–water partition coefficient (Wildman–Crippen LogP) is 4.25. The van der Waals surface area contributed by atoms with Crippen LogP contribution in [0.5, 0.6) is 17.2 Å². The molecule has 0 bridgehead atoms. The molecular weight excluding hydrogens is 375 g/mol. The lowest BCUT2D eigenvalue weighted by atomic mass is 10.0. The highest BCUT2D eigenvalue weighted by atomic mass is 19.4. The van der Waals surface area contributed by atoms with E-state index in [0.29, 0.717) is 28.5 Å². The Labute approximate surface area is 159 Å². The van der Waals surface area contributed by atoms with Crippen LogP contribution in [-0.2, 0) is 7.05 Å². The van der Waals surface area contributed by atoms with Crippen LogP contribution in [0.3, 0.4) is 0 Å². The first-order chi connectivity index (χ1) is 13.2. The molecule has 0 saturated heterocycles. The van der Waals surface area contributed by atoms with Crippen molar-refractivity contribution in [2.24, 2.45) is 7.05 Å². The normalized spacial score (nSPS) is 11.4. The quantitative estimate of drug-likeness (QED) is 0.656. The number of rotatable bonds is 5. The highest BCUT2D eigenvalue weighted by Crippen LogP contribution is 2.38. The van der Waals surface area contributed by atoms with Gasteiger partial charge in [-0.1, -0.05) is 0 Å². The zero-order valence-corrected chi connectivity index (χ0v) is 15.4. The first-order valence-corrected chi connectivity index (χ1v) is 8.12. The number of imidazole rings is 1. The smallest absolute Gasteiger partial charge is 0.497 e. The lowest BCUT2D eigenvalue weighted by Crippen LogP contribution is -2.18. The Morgan fingerprint density at radius 1 is 0.964 bits per heavy atom. The number of hydrogen-bond acceptors (Lipinski definition) is 5. The topological polar surface area (TPSA) is 71.5 Å². The van der Waals surface area contributed by atoms with Crippen LogP contribution in [0.25, 0.3) is 22.5 Å². The molecule has 0 fully saturated rings. The summed E-state index contributed by atoms with van der Waals surface area (Å²) in [4.78, 5) is 4.42. The number of hydrogen-bond donors (Lipinski definition) is 1. The van der Waals surface area contributed by atoms with Gasteiger partial charge in [-0.25, -0.2) is 4.98 Å². The van der Waals surface area contributed by atoms with Crippen molar-refractivity contribution in [2.45, 2.75) is 6.36 Å². The van der Waals surface area contributed by atoms with E-state index in [1.165, 1.54) is 32.4 Å². The summed E-state index contributed by atoms with van der Waals surface area (Å²) in [6.07, 6.45) is -3.21. The van der Waals surface area contributed by atoms with Gasteiger partial charge in [0, 0.05) is 24.2 Å². The van der Waals surface area contributed by atoms with Crippen LogP contribution in [0.4, 0.5) is 18.9 Å². The number of nitrogens with zero attached hydrogens (tertiary/aromatic N) is 2. The summed E-state index contributed by atoms with van der Waals surface area (Å²) in [6, 6.07) is 9.40. The number of nitrogens with two attached hydrogens (primary N) is 1. The van der Waals surface area contributed by atoms with Gasteiger partial charge >= 0.3 is 6.36 Å². The number of methoxy groups -OCH3 is 2. The van der Waals surface area contributed by atoms with E-state index in [0.717, 1.165) is 5.56 Å². The molecule has 1 aromatic heterocycles. The molecule has 2 N–H and O–H groups in total. The Bertz CT molecular complexity index is 978. The molecule has 0 amide bonds. The van der Waals surface area contributed by atoms with Crippen LogP contribution < -0.4 is 19.9 Å². The molecule has 0 atom stereocenters. The molecule has 0 saturated carbocycles. The second-order valence-electron chi connectivity index (χ2n) is 5.95. The van der Waals surface area contributed by atoms with Crippen molar-refractivity contribution in [3.8, 4) is 39.8 Å². The summed E-state index contributed by atoms with van der Waals surface area (Å²) in [5.41, 5.74) is 8.21. The molecule has 9 heteroatoms. The number of benzene rings is 2. The van der Waals surface area contributed by atoms with Crippen LogP contribution in [0.2, 0.25) is 0 Å². The van der Waals surface area contributed by atoms with Crippen LogP contribution in [0, 0.1) is 0 Å². The summed E-state index contributed by atoms with van der Waals surface area (Å²) in [6.45, 7) is 0. The minimum absolute atomic E-state index is 0.134. The van der Waals surface area contributed by atoms with Crippen molar-refractivity contribution in [2.75, 3.05) is 20.0 Å². The van der Waals surface area contributed by atoms with E-state index >= 15 is 0 Å². The molecule has 6 nitrogen and oxygen atoms in total. The maximum Gasteiger partial charge on any atom is 0.573 e. The number of halogens is 3. The van der Waals surface area contributed by atoms with Crippen molar-refractivity contribution in [1.29, 1.82) is 0 Å². The number of alkyl halides is 3. The van der Waals surface area contributed by atoms with Crippen molar-refractivity contribution in [3.05, 3.63) is 42.7 Å². The highest BCUT2D eigenvalue weighted by molar-refractivity contribution is 5.81. The molecule has 2 aromatic carbocycles. The van der Waals surface area contributed by atoms with Crippen LogP contribution >= 0.6 is 0 Å². The van der Waals surface area contributed by atoms with Gasteiger partial charge in [-0.15, -0.1) is 13.2 Å². The second-order valence-corrected chi connectivity index (χ2v) is 5.95.